The van der Waals surface area contributed by atoms with Gasteiger partial charge in [-0.1, -0.05) is 6.92 Å². The highest BCUT2D eigenvalue weighted by Crippen LogP contribution is 2.27. The van der Waals surface area contributed by atoms with Crippen LogP contribution in [0, 0.1) is 11.8 Å². The van der Waals surface area contributed by atoms with Gasteiger partial charge in [-0.3, -0.25) is 4.79 Å². The lowest BCUT2D eigenvalue weighted by atomic mass is 9.86. The Morgan fingerprint density at radius 2 is 1.97 bits per heavy atom. The molecule has 6 heteroatoms. The van der Waals surface area contributed by atoms with E-state index < -0.39 is 0 Å². The molecule has 0 radical (unpaired) electrons. The predicted molar refractivity (Wildman–Crippen MR) is 116 cm³/mol. The fraction of sp³-hybridized carbons (Fsp3) is 0.783. The quantitative estimate of drug-likeness (QED) is 0.797. The van der Waals surface area contributed by atoms with Gasteiger partial charge in [-0.25, -0.2) is 9.97 Å². The highest BCUT2D eigenvalue weighted by molar-refractivity contribution is 5.79. The standard InChI is InChI=1S/C23H37N5O/c1-17-8-13-28(14-9-17)23-25-16-20-15-19(5-6-21(20)26-23)22(29)24-10-7-18(2)27-11-3-4-12-27/h16-19H,3-15H2,1-2H3,(H,24,29)/t18-,19+/m0/s1. The average Bonchev–Trinajstić information content (AvgIpc) is 3.28. The first-order chi connectivity index (χ1) is 14.1. The molecule has 0 spiro atoms. The van der Waals surface area contributed by atoms with Crippen molar-refractivity contribution in [2.45, 2.75) is 71.3 Å². The van der Waals surface area contributed by atoms with Crippen LogP contribution in [0.25, 0.3) is 0 Å². The maximum Gasteiger partial charge on any atom is 0.225 e. The van der Waals surface area contributed by atoms with Crippen molar-refractivity contribution in [3.63, 3.8) is 0 Å². The highest BCUT2D eigenvalue weighted by atomic mass is 16.1. The Morgan fingerprint density at radius 1 is 1.21 bits per heavy atom. The van der Waals surface area contributed by atoms with E-state index in [-0.39, 0.29) is 11.8 Å². The van der Waals surface area contributed by atoms with E-state index >= 15 is 0 Å². The number of nitrogens with one attached hydrogen (secondary N) is 1. The van der Waals surface area contributed by atoms with E-state index in [1.165, 1.54) is 38.8 Å². The lowest BCUT2D eigenvalue weighted by molar-refractivity contribution is -0.125. The number of hydrogen-bond donors (Lipinski definition) is 1. The number of nitrogens with zero attached hydrogens (tertiary/aromatic N) is 4. The van der Waals surface area contributed by atoms with E-state index in [2.05, 4.69) is 33.9 Å². The lowest BCUT2D eigenvalue weighted by Gasteiger charge is -2.31. The minimum Gasteiger partial charge on any atom is -0.356 e. The molecule has 6 nitrogen and oxygen atoms in total. The third-order valence-corrected chi connectivity index (χ3v) is 7.20. The smallest absolute Gasteiger partial charge is 0.225 e. The monoisotopic (exact) mass is 399 g/mol. The van der Waals surface area contributed by atoms with Crippen LogP contribution in [0.3, 0.4) is 0 Å². The number of piperidine rings is 1. The van der Waals surface area contributed by atoms with Gasteiger partial charge in [0.1, 0.15) is 0 Å². The number of fused-ring (bicyclic) bond motifs is 1. The molecule has 1 N–H and O–H groups in total. The van der Waals surface area contributed by atoms with Crippen molar-refractivity contribution in [1.82, 2.24) is 20.2 Å². The normalized spacial score (nSPS) is 24.3. The summed E-state index contributed by atoms with van der Waals surface area (Å²) in [5.74, 6) is 1.96. The van der Waals surface area contributed by atoms with Crippen LogP contribution in [0.2, 0.25) is 0 Å². The summed E-state index contributed by atoms with van der Waals surface area (Å²) in [6, 6.07) is 0.564. The van der Waals surface area contributed by atoms with Gasteiger partial charge in [0, 0.05) is 43.5 Å². The number of rotatable bonds is 6. The van der Waals surface area contributed by atoms with Gasteiger partial charge in [-0.05, 0) is 82.9 Å². The van der Waals surface area contributed by atoms with Gasteiger partial charge >= 0.3 is 0 Å². The third kappa shape index (κ3) is 5.08. The van der Waals surface area contributed by atoms with Crippen molar-refractivity contribution in [1.29, 1.82) is 0 Å². The first-order valence-corrected chi connectivity index (χ1v) is 11.7. The fourth-order valence-electron chi connectivity index (χ4n) is 5.00. The van der Waals surface area contributed by atoms with Gasteiger partial charge in [0.25, 0.3) is 0 Å². The number of likely N-dealkylation sites (tertiary alicyclic amines) is 1. The van der Waals surface area contributed by atoms with Crippen LogP contribution in [-0.4, -0.2) is 59.5 Å². The van der Waals surface area contributed by atoms with Gasteiger partial charge in [-0.2, -0.15) is 0 Å². The number of anilines is 1. The molecule has 29 heavy (non-hydrogen) atoms. The summed E-state index contributed by atoms with van der Waals surface area (Å²) in [6.07, 6.45) is 10.7. The van der Waals surface area contributed by atoms with Gasteiger partial charge < -0.3 is 15.1 Å². The molecule has 1 aliphatic carbocycles. The zero-order chi connectivity index (χ0) is 20.2. The first-order valence-electron chi connectivity index (χ1n) is 11.7. The van der Waals surface area contributed by atoms with Crippen molar-refractivity contribution in [2.24, 2.45) is 11.8 Å². The topological polar surface area (TPSA) is 61.4 Å². The summed E-state index contributed by atoms with van der Waals surface area (Å²) in [4.78, 5) is 27.0. The van der Waals surface area contributed by atoms with Crippen LogP contribution < -0.4 is 10.2 Å². The summed E-state index contributed by atoms with van der Waals surface area (Å²) >= 11 is 0. The van der Waals surface area contributed by atoms with Crippen molar-refractivity contribution in [3.8, 4) is 0 Å². The van der Waals surface area contributed by atoms with Crippen LogP contribution >= 0.6 is 0 Å². The molecule has 3 heterocycles. The Morgan fingerprint density at radius 3 is 2.72 bits per heavy atom. The van der Waals surface area contributed by atoms with Crippen LogP contribution in [0.1, 0.15) is 63.6 Å². The summed E-state index contributed by atoms with van der Waals surface area (Å²) in [5.41, 5.74) is 2.32. The Bertz CT molecular complexity index is 695. The largest absolute Gasteiger partial charge is 0.356 e. The molecule has 4 rings (SSSR count). The molecular weight excluding hydrogens is 362 g/mol. The van der Waals surface area contributed by atoms with E-state index in [0.29, 0.717) is 6.04 Å². The fourth-order valence-corrected chi connectivity index (χ4v) is 5.00. The summed E-state index contributed by atoms with van der Waals surface area (Å²) in [6.45, 7) is 9.93. The maximum atomic E-state index is 12.7. The minimum atomic E-state index is 0.0647. The van der Waals surface area contributed by atoms with Crippen LogP contribution in [0.4, 0.5) is 5.95 Å². The Hall–Kier alpha value is -1.69. The van der Waals surface area contributed by atoms with E-state index in [1.54, 1.807) is 0 Å². The van der Waals surface area contributed by atoms with Gasteiger partial charge in [0.15, 0.2) is 0 Å². The predicted octanol–water partition coefficient (Wildman–Crippen LogP) is 2.81. The molecule has 2 saturated heterocycles. The second kappa shape index (κ2) is 9.41. The molecule has 1 aromatic rings. The minimum absolute atomic E-state index is 0.0647. The van der Waals surface area contributed by atoms with E-state index in [0.717, 1.165) is 68.4 Å². The molecule has 2 aliphatic heterocycles. The molecule has 2 atom stereocenters. The number of carbonyl (C=O) groups is 1. The second-order valence-corrected chi connectivity index (χ2v) is 9.42. The zero-order valence-corrected chi connectivity index (χ0v) is 18.2. The molecule has 1 aromatic heterocycles. The van der Waals surface area contributed by atoms with Crippen molar-refractivity contribution in [2.75, 3.05) is 37.6 Å². The Balaban J connectivity index is 1.26. The summed E-state index contributed by atoms with van der Waals surface area (Å²) < 4.78 is 0. The average molecular weight is 400 g/mol. The van der Waals surface area contributed by atoms with Crippen LogP contribution in [0.15, 0.2) is 6.20 Å². The highest BCUT2D eigenvalue weighted by Gasteiger charge is 2.27. The van der Waals surface area contributed by atoms with Crippen LogP contribution in [-0.2, 0) is 17.6 Å². The molecule has 0 unspecified atom stereocenters. The van der Waals surface area contributed by atoms with Crippen molar-refractivity contribution < 1.29 is 4.79 Å². The molecule has 0 saturated carbocycles. The third-order valence-electron chi connectivity index (χ3n) is 7.20. The van der Waals surface area contributed by atoms with Crippen LogP contribution in [0.5, 0.6) is 0 Å². The summed E-state index contributed by atoms with van der Waals surface area (Å²) in [5, 5.41) is 3.19. The van der Waals surface area contributed by atoms with E-state index in [4.69, 9.17) is 4.98 Å². The van der Waals surface area contributed by atoms with Gasteiger partial charge in [0.05, 0.1) is 0 Å². The zero-order valence-electron chi connectivity index (χ0n) is 18.2. The molecule has 2 fully saturated rings. The maximum absolute atomic E-state index is 12.7. The van der Waals surface area contributed by atoms with Gasteiger partial charge in [0.2, 0.25) is 11.9 Å². The number of carbonyl (C=O) groups excluding carboxylic acids is 1. The van der Waals surface area contributed by atoms with Crippen molar-refractivity contribution >= 4 is 11.9 Å². The second-order valence-electron chi connectivity index (χ2n) is 9.42. The number of aryl methyl sites for hydroxylation is 1. The number of hydrogen-bond acceptors (Lipinski definition) is 5. The molecule has 0 bridgehead atoms. The molecule has 3 aliphatic rings. The Kier molecular flexibility index (Phi) is 6.68. The number of amides is 1. The van der Waals surface area contributed by atoms with E-state index in [9.17, 15) is 4.79 Å². The van der Waals surface area contributed by atoms with Crippen molar-refractivity contribution in [3.05, 3.63) is 17.5 Å². The lowest BCUT2D eigenvalue weighted by Crippen LogP contribution is -2.38. The summed E-state index contributed by atoms with van der Waals surface area (Å²) in [7, 11) is 0. The SMILES string of the molecule is CC1CCN(c2ncc3c(n2)CC[C@@H](C(=O)NCC[C@H](C)N2CCCC2)C3)CC1. The van der Waals surface area contributed by atoms with Gasteiger partial charge in [-0.15, -0.1) is 0 Å². The molecule has 1 amide bonds. The molecule has 0 aromatic carbocycles. The molecule has 160 valence electrons. The Labute approximate surface area is 175 Å². The first kappa shape index (κ1) is 20.6. The van der Waals surface area contributed by atoms with E-state index in [1.807, 2.05) is 6.20 Å². The number of aromatic nitrogens is 2. The molecular formula is C23H37N5O.